The lowest BCUT2D eigenvalue weighted by Crippen LogP contribution is -2.45. The number of nitrogens with zero attached hydrogens (tertiary/aromatic N) is 2. The van der Waals surface area contributed by atoms with E-state index in [0.717, 1.165) is 44.6 Å². The standard InChI is InChI=1S/C16H28N4O2/c1-16(2,12-21)6-4-7-19-15(22)20-10-3-5-13(11-20)14-17-8-9-18-14/h8-9,13,21H,3-7,10-12H2,1-2H3,(H,17,18)(H,19,22)/t13-/m1/s1. The molecular weight excluding hydrogens is 280 g/mol. The van der Waals surface area contributed by atoms with Gasteiger partial charge in [-0.15, -0.1) is 0 Å². The molecule has 0 unspecified atom stereocenters. The first-order valence-electron chi connectivity index (χ1n) is 8.15. The van der Waals surface area contributed by atoms with E-state index in [4.69, 9.17) is 0 Å². The number of aromatic nitrogens is 2. The van der Waals surface area contributed by atoms with Gasteiger partial charge >= 0.3 is 6.03 Å². The summed E-state index contributed by atoms with van der Waals surface area (Å²) in [5, 5.41) is 12.2. The van der Waals surface area contributed by atoms with Gasteiger partial charge in [-0.1, -0.05) is 13.8 Å². The van der Waals surface area contributed by atoms with Gasteiger partial charge in [0.05, 0.1) is 0 Å². The summed E-state index contributed by atoms with van der Waals surface area (Å²) in [4.78, 5) is 21.6. The first-order valence-corrected chi connectivity index (χ1v) is 8.15. The number of H-pyrrole nitrogens is 1. The third kappa shape index (κ3) is 4.73. The molecule has 22 heavy (non-hydrogen) atoms. The third-order valence-corrected chi connectivity index (χ3v) is 4.35. The van der Waals surface area contributed by atoms with E-state index in [1.807, 2.05) is 24.9 Å². The van der Waals surface area contributed by atoms with E-state index in [1.165, 1.54) is 0 Å². The molecule has 0 radical (unpaired) electrons. The predicted molar refractivity (Wildman–Crippen MR) is 85.6 cm³/mol. The van der Waals surface area contributed by atoms with Gasteiger partial charge in [0.1, 0.15) is 5.82 Å². The fourth-order valence-corrected chi connectivity index (χ4v) is 2.84. The number of carbonyl (C=O) groups is 1. The summed E-state index contributed by atoms with van der Waals surface area (Å²) in [5.74, 6) is 1.28. The summed E-state index contributed by atoms with van der Waals surface area (Å²) in [6, 6.07) is 0.0121. The molecule has 1 aromatic heterocycles. The molecule has 0 aliphatic carbocycles. The molecule has 2 amide bonds. The molecule has 6 nitrogen and oxygen atoms in total. The zero-order valence-corrected chi connectivity index (χ0v) is 13.6. The van der Waals surface area contributed by atoms with Crippen molar-refractivity contribution in [1.82, 2.24) is 20.2 Å². The van der Waals surface area contributed by atoms with Gasteiger partial charge in [-0.25, -0.2) is 9.78 Å². The van der Waals surface area contributed by atoms with Crippen molar-refractivity contribution in [3.05, 3.63) is 18.2 Å². The molecule has 0 bridgehead atoms. The van der Waals surface area contributed by atoms with Crippen LogP contribution in [-0.4, -0.2) is 52.2 Å². The lowest BCUT2D eigenvalue weighted by molar-refractivity contribution is 0.147. The number of piperidine rings is 1. The second-order valence-electron chi connectivity index (χ2n) is 6.92. The normalized spacial score (nSPS) is 19.2. The number of carbonyl (C=O) groups excluding carboxylic acids is 1. The molecule has 1 aliphatic rings. The molecule has 124 valence electrons. The van der Waals surface area contributed by atoms with Crippen molar-refractivity contribution in [3.63, 3.8) is 0 Å². The topological polar surface area (TPSA) is 81.2 Å². The van der Waals surface area contributed by atoms with Gasteiger partial charge in [-0.05, 0) is 31.1 Å². The van der Waals surface area contributed by atoms with Crippen LogP contribution in [0.25, 0.3) is 0 Å². The van der Waals surface area contributed by atoms with Crippen LogP contribution < -0.4 is 5.32 Å². The van der Waals surface area contributed by atoms with Crippen LogP contribution in [0, 0.1) is 5.41 Å². The minimum absolute atomic E-state index is 0.0121. The van der Waals surface area contributed by atoms with Crippen molar-refractivity contribution in [2.24, 2.45) is 5.41 Å². The van der Waals surface area contributed by atoms with Crippen molar-refractivity contribution >= 4 is 6.03 Å². The monoisotopic (exact) mass is 308 g/mol. The zero-order chi connectivity index (χ0) is 16.0. The molecule has 0 spiro atoms. The molecule has 2 heterocycles. The van der Waals surface area contributed by atoms with Gasteiger partial charge in [0, 0.05) is 44.6 Å². The van der Waals surface area contributed by atoms with Crippen LogP contribution in [-0.2, 0) is 0 Å². The van der Waals surface area contributed by atoms with E-state index >= 15 is 0 Å². The van der Waals surface area contributed by atoms with E-state index in [2.05, 4.69) is 15.3 Å². The Bertz CT molecular complexity index is 459. The maximum absolute atomic E-state index is 12.2. The van der Waals surface area contributed by atoms with Gasteiger partial charge in [0.2, 0.25) is 0 Å². The maximum atomic E-state index is 12.2. The van der Waals surface area contributed by atoms with Gasteiger partial charge in [0.25, 0.3) is 0 Å². The summed E-state index contributed by atoms with van der Waals surface area (Å²) < 4.78 is 0. The smallest absolute Gasteiger partial charge is 0.317 e. The molecule has 0 saturated carbocycles. The number of rotatable bonds is 6. The van der Waals surface area contributed by atoms with E-state index in [-0.39, 0.29) is 18.1 Å². The van der Waals surface area contributed by atoms with E-state index in [0.29, 0.717) is 12.5 Å². The summed E-state index contributed by atoms with van der Waals surface area (Å²) >= 11 is 0. The summed E-state index contributed by atoms with van der Waals surface area (Å²) in [6.07, 6.45) is 7.46. The Morgan fingerprint density at radius 3 is 3.09 bits per heavy atom. The molecule has 2 rings (SSSR count). The predicted octanol–water partition coefficient (Wildman–Crippen LogP) is 2.10. The highest BCUT2D eigenvalue weighted by Crippen LogP contribution is 2.24. The molecule has 1 fully saturated rings. The summed E-state index contributed by atoms with van der Waals surface area (Å²) in [6.45, 7) is 6.44. The summed E-state index contributed by atoms with van der Waals surface area (Å²) in [5.41, 5.74) is -0.0692. The Morgan fingerprint density at radius 2 is 2.41 bits per heavy atom. The number of imidazole rings is 1. The van der Waals surface area contributed by atoms with Crippen LogP contribution in [0.4, 0.5) is 4.79 Å². The fraction of sp³-hybridized carbons (Fsp3) is 0.750. The SMILES string of the molecule is CC(C)(CO)CCCNC(=O)N1CCC[C@@H](c2ncc[nH]2)C1. The van der Waals surface area contributed by atoms with Crippen LogP contribution in [0.3, 0.4) is 0 Å². The number of hydrogen-bond donors (Lipinski definition) is 3. The highest BCUT2D eigenvalue weighted by Gasteiger charge is 2.26. The van der Waals surface area contributed by atoms with Crippen LogP contribution in [0.2, 0.25) is 0 Å². The molecule has 1 aliphatic heterocycles. The summed E-state index contributed by atoms with van der Waals surface area (Å²) in [7, 11) is 0. The Balaban J connectivity index is 1.73. The molecule has 1 atom stereocenters. The average molecular weight is 308 g/mol. The van der Waals surface area contributed by atoms with Crippen LogP contribution in [0.15, 0.2) is 12.4 Å². The number of amides is 2. The Labute approximate surface area is 132 Å². The van der Waals surface area contributed by atoms with Crippen molar-refractivity contribution in [2.45, 2.75) is 45.4 Å². The fourth-order valence-electron chi connectivity index (χ4n) is 2.84. The van der Waals surface area contributed by atoms with Gasteiger partial charge in [-0.3, -0.25) is 0 Å². The number of aliphatic hydroxyl groups is 1. The highest BCUT2D eigenvalue weighted by atomic mass is 16.3. The first kappa shape index (κ1) is 16.8. The van der Waals surface area contributed by atoms with Crippen LogP contribution in [0.1, 0.15) is 51.3 Å². The van der Waals surface area contributed by atoms with Crippen molar-refractivity contribution in [1.29, 1.82) is 0 Å². The molecule has 1 saturated heterocycles. The third-order valence-electron chi connectivity index (χ3n) is 4.35. The zero-order valence-electron chi connectivity index (χ0n) is 13.6. The Hall–Kier alpha value is -1.56. The van der Waals surface area contributed by atoms with E-state index < -0.39 is 0 Å². The number of hydrogen-bond acceptors (Lipinski definition) is 3. The van der Waals surface area contributed by atoms with Gasteiger partial charge < -0.3 is 20.3 Å². The van der Waals surface area contributed by atoms with Crippen LogP contribution >= 0.6 is 0 Å². The molecule has 3 N–H and O–H groups in total. The highest BCUT2D eigenvalue weighted by molar-refractivity contribution is 5.74. The number of nitrogens with one attached hydrogen (secondary N) is 2. The molecule has 1 aromatic rings. The van der Waals surface area contributed by atoms with Crippen molar-refractivity contribution < 1.29 is 9.90 Å². The average Bonchev–Trinajstić information content (AvgIpc) is 3.06. The second-order valence-corrected chi connectivity index (χ2v) is 6.92. The quantitative estimate of drug-likeness (QED) is 0.704. The molecular formula is C16H28N4O2. The number of urea groups is 1. The maximum Gasteiger partial charge on any atom is 0.317 e. The minimum atomic E-state index is -0.0692. The Morgan fingerprint density at radius 1 is 1.59 bits per heavy atom. The Kier molecular flexibility index (Phi) is 5.83. The largest absolute Gasteiger partial charge is 0.396 e. The van der Waals surface area contributed by atoms with E-state index in [1.54, 1.807) is 6.20 Å². The van der Waals surface area contributed by atoms with Crippen LogP contribution in [0.5, 0.6) is 0 Å². The minimum Gasteiger partial charge on any atom is -0.396 e. The molecule has 6 heteroatoms. The lowest BCUT2D eigenvalue weighted by atomic mass is 9.89. The lowest BCUT2D eigenvalue weighted by Gasteiger charge is -2.32. The van der Waals surface area contributed by atoms with Crippen molar-refractivity contribution in [2.75, 3.05) is 26.2 Å². The molecule has 0 aromatic carbocycles. The number of aromatic amines is 1. The van der Waals surface area contributed by atoms with E-state index in [9.17, 15) is 9.90 Å². The number of aliphatic hydroxyl groups excluding tert-OH is 1. The second kappa shape index (κ2) is 7.63. The van der Waals surface area contributed by atoms with Gasteiger partial charge in [-0.2, -0.15) is 0 Å². The van der Waals surface area contributed by atoms with Gasteiger partial charge in [0.15, 0.2) is 0 Å². The number of likely N-dealkylation sites (tertiary alicyclic amines) is 1. The first-order chi connectivity index (χ1) is 10.5. The van der Waals surface area contributed by atoms with Crippen molar-refractivity contribution in [3.8, 4) is 0 Å².